The summed E-state index contributed by atoms with van der Waals surface area (Å²) in [4.78, 5) is 26.2. The quantitative estimate of drug-likeness (QED) is 0.673. The van der Waals surface area contributed by atoms with E-state index in [2.05, 4.69) is 0 Å². The van der Waals surface area contributed by atoms with Gasteiger partial charge in [-0.25, -0.2) is 0 Å². The Bertz CT molecular complexity index is 380. The van der Waals surface area contributed by atoms with Gasteiger partial charge >= 0.3 is 0 Å². The predicted molar refractivity (Wildman–Crippen MR) is 91.2 cm³/mol. The van der Waals surface area contributed by atoms with Crippen LogP contribution < -0.4 is 0 Å². The Kier molecular flexibility index (Phi) is 7.54. The van der Waals surface area contributed by atoms with Crippen LogP contribution in [0.15, 0.2) is 0 Å². The molecule has 0 atom stereocenters. The van der Waals surface area contributed by atoms with E-state index in [1.807, 2.05) is 18.7 Å². The van der Waals surface area contributed by atoms with Crippen molar-refractivity contribution < 1.29 is 14.3 Å². The van der Waals surface area contributed by atoms with Gasteiger partial charge in [0.05, 0.1) is 6.10 Å². The van der Waals surface area contributed by atoms with Gasteiger partial charge in [0.25, 0.3) is 0 Å². The van der Waals surface area contributed by atoms with Crippen LogP contribution in [0.1, 0.15) is 71.6 Å². The Balaban J connectivity index is 1.58. The molecule has 132 valence electrons. The lowest BCUT2D eigenvalue weighted by Crippen LogP contribution is -2.41. The first-order valence-electron chi connectivity index (χ1n) is 9.51. The number of ether oxygens (including phenoxy) is 1. The molecule has 1 aliphatic heterocycles. The molecule has 1 amide bonds. The van der Waals surface area contributed by atoms with Gasteiger partial charge in [-0.15, -0.1) is 0 Å². The Morgan fingerprint density at radius 1 is 1.04 bits per heavy atom. The zero-order chi connectivity index (χ0) is 16.7. The molecule has 1 saturated heterocycles. The van der Waals surface area contributed by atoms with E-state index in [1.165, 1.54) is 32.1 Å². The number of carbonyl (C=O) groups is 2. The molecular formula is C19H33NO3. The SMILES string of the molecule is CC(C)C(=O)C1CCN(C(=O)CCCOC2CCCCC2)CC1. The van der Waals surface area contributed by atoms with Crippen molar-refractivity contribution in [3.8, 4) is 0 Å². The third kappa shape index (κ3) is 5.91. The van der Waals surface area contributed by atoms with Crippen molar-refractivity contribution in [3.63, 3.8) is 0 Å². The van der Waals surface area contributed by atoms with Gasteiger partial charge in [0.2, 0.25) is 5.91 Å². The molecule has 2 fully saturated rings. The summed E-state index contributed by atoms with van der Waals surface area (Å²) in [6.07, 6.45) is 9.78. The minimum absolute atomic E-state index is 0.110. The van der Waals surface area contributed by atoms with Crippen LogP contribution >= 0.6 is 0 Å². The van der Waals surface area contributed by atoms with Crippen molar-refractivity contribution >= 4 is 11.7 Å². The molecule has 1 aliphatic carbocycles. The summed E-state index contributed by atoms with van der Waals surface area (Å²) >= 11 is 0. The first-order valence-corrected chi connectivity index (χ1v) is 9.51. The zero-order valence-corrected chi connectivity index (χ0v) is 14.9. The van der Waals surface area contributed by atoms with E-state index in [-0.39, 0.29) is 17.7 Å². The van der Waals surface area contributed by atoms with E-state index < -0.39 is 0 Å². The van der Waals surface area contributed by atoms with Crippen LogP contribution in [-0.4, -0.2) is 42.4 Å². The van der Waals surface area contributed by atoms with Gasteiger partial charge in [-0.1, -0.05) is 33.1 Å². The van der Waals surface area contributed by atoms with Gasteiger partial charge in [-0.2, -0.15) is 0 Å². The Labute approximate surface area is 140 Å². The number of carbonyl (C=O) groups excluding carboxylic acids is 2. The van der Waals surface area contributed by atoms with E-state index in [0.29, 0.717) is 24.9 Å². The number of hydrogen-bond acceptors (Lipinski definition) is 3. The molecule has 23 heavy (non-hydrogen) atoms. The molecule has 0 unspecified atom stereocenters. The van der Waals surface area contributed by atoms with Gasteiger partial charge in [0.15, 0.2) is 0 Å². The van der Waals surface area contributed by atoms with E-state index in [0.717, 1.165) is 32.4 Å². The number of piperidine rings is 1. The second kappa shape index (κ2) is 9.41. The highest BCUT2D eigenvalue weighted by molar-refractivity contribution is 5.83. The van der Waals surface area contributed by atoms with Crippen molar-refractivity contribution in [2.75, 3.05) is 19.7 Å². The number of rotatable bonds is 7. The second-order valence-electron chi connectivity index (χ2n) is 7.45. The number of hydrogen-bond donors (Lipinski definition) is 0. The third-order valence-corrected chi connectivity index (χ3v) is 5.26. The van der Waals surface area contributed by atoms with Gasteiger partial charge < -0.3 is 9.64 Å². The number of nitrogens with zero attached hydrogens (tertiary/aromatic N) is 1. The lowest BCUT2D eigenvalue weighted by molar-refractivity contribution is -0.136. The normalized spacial score (nSPS) is 20.9. The average molecular weight is 323 g/mol. The fourth-order valence-electron chi connectivity index (χ4n) is 3.75. The summed E-state index contributed by atoms with van der Waals surface area (Å²) in [5.41, 5.74) is 0. The van der Waals surface area contributed by atoms with E-state index in [4.69, 9.17) is 4.74 Å². The summed E-state index contributed by atoms with van der Waals surface area (Å²) in [6, 6.07) is 0. The summed E-state index contributed by atoms with van der Waals surface area (Å²) in [6.45, 7) is 6.12. The molecule has 0 aromatic heterocycles. The Morgan fingerprint density at radius 3 is 2.30 bits per heavy atom. The zero-order valence-electron chi connectivity index (χ0n) is 14.9. The van der Waals surface area contributed by atoms with Gasteiger partial charge in [0, 0.05) is 38.0 Å². The maximum absolute atomic E-state index is 12.2. The highest BCUT2D eigenvalue weighted by Crippen LogP contribution is 2.22. The second-order valence-corrected chi connectivity index (χ2v) is 7.45. The van der Waals surface area contributed by atoms with Crippen LogP contribution in [0.5, 0.6) is 0 Å². The molecule has 1 heterocycles. The Morgan fingerprint density at radius 2 is 1.70 bits per heavy atom. The molecule has 0 N–H and O–H groups in total. The first kappa shape index (κ1) is 18.4. The highest BCUT2D eigenvalue weighted by Gasteiger charge is 2.28. The molecule has 2 rings (SSSR count). The molecular weight excluding hydrogens is 290 g/mol. The minimum Gasteiger partial charge on any atom is -0.378 e. The van der Waals surface area contributed by atoms with Crippen LogP contribution in [0.25, 0.3) is 0 Å². The van der Waals surface area contributed by atoms with E-state index in [9.17, 15) is 9.59 Å². The molecule has 0 radical (unpaired) electrons. The van der Waals surface area contributed by atoms with Crippen LogP contribution in [0, 0.1) is 11.8 Å². The molecule has 0 spiro atoms. The Hall–Kier alpha value is -0.900. The number of Topliss-reactive ketones (excluding diaryl/α,β-unsaturated/α-hetero) is 1. The molecule has 0 aromatic rings. The highest BCUT2D eigenvalue weighted by atomic mass is 16.5. The van der Waals surface area contributed by atoms with Crippen LogP contribution in [-0.2, 0) is 14.3 Å². The van der Waals surface area contributed by atoms with Crippen LogP contribution in [0.4, 0.5) is 0 Å². The maximum atomic E-state index is 12.2. The lowest BCUT2D eigenvalue weighted by atomic mass is 9.87. The standard InChI is InChI=1S/C19H33NO3/c1-15(2)19(22)16-10-12-20(13-11-16)18(21)9-6-14-23-17-7-4-3-5-8-17/h15-17H,3-14H2,1-2H3. The van der Waals surface area contributed by atoms with Crippen LogP contribution in [0.3, 0.4) is 0 Å². The predicted octanol–water partition coefficient (Wildman–Crippen LogP) is 3.58. The molecule has 2 aliphatic rings. The van der Waals surface area contributed by atoms with Gasteiger partial charge in [-0.3, -0.25) is 9.59 Å². The van der Waals surface area contributed by atoms with Gasteiger partial charge in [0.1, 0.15) is 5.78 Å². The van der Waals surface area contributed by atoms with E-state index in [1.54, 1.807) is 0 Å². The van der Waals surface area contributed by atoms with Crippen LogP contribution in [0.2, 0.25) is 0 Å². The monoisotopic (exact) mass is 323 g/mol. The molecule has 1 saturated carbocycles. The van der Waals surface area contributed by atoms with Crippen molar-refractivity contribution in [1.29, 1.82) is 0 Å². The molecule has 4 heteroatoms. The number of likely N-dealkylation sites (tertiary alicyclic amines) is 1. The summed E-state index contributed by atoms with van der Waals surface area (Å²) in [5, 5.41) is 0. The average Bonchev–Trinajstić information content (AvgIpc) is 2.59. The molecule has 0 aromatic carbocycles. The van der Waals surface area contributed by atoms with Crippen molar-refractivity contribution in [1.82, 2.24) is 4.90 Å². The summed E-state index contributed by atoms with van der Waals surface area (Å²) < 4.78 is 5.88. The number of ketones is 1. The van der Waals surface area contributed by atoms with Crippen molar-refractivity contribution in [2.24, 2.45) is 11.8 Å². The molecule has 4 nitrogen and oxygen atoms in total. The fourth-order valence-corrected chi connectivity index (χ4v) is 3.75. The first-order chi connectivity index (χ1) is 11.1. The van der Waals surface area contributed by atoms with Crippen molar-refractivity contribution in [3.05, 3.63) is 0 Å². The largest absolute Gasteiger partial charge is 0.378 e. The van der Waals surface area contributed by atoms with E-state index >= 15 is 0 Å². The maximum Gasteiger partial charge on any atom is 0.222 e. The number of amides is 1. The minimum atomic E-state index is 0.110. The third-order valence-electron chi connectivity index (χ3n) is 5.26. The molecule has 0 bridgehead atoms. The topological polar surface area (TPSA) is 46.6 Å². The summed E-state index contributed by atoms with van der Waals surface area (Å²) in [7, 11) is 0. The van der Waals surface area contributed by atoms with Gasteiger partial charge in [-0.05, 0) is 32.1 Å². The fraction of sp³-hybridized carbons (Fsp3) is 0.895. The smallest absolute Gasteiger partial charge is 0.222 e. The van der Waals surface area contributed by atoms with Crippen molar-refractivity contribution in [2.45, 2.75) is 77.7 Å². The summed E-state index contributed by atoms with van der Waals surface area (Å²) in [5.74, 6) is 0.860. The lowest BCUT2D eigenvalue weighted by Gasteiger charge is -2.32.